The van der Waals surface area contributed by atoms with E-state index in [-0.39, 0.29) is 18.4 Å². The van der Waals surface area contributed by atoms with Crippen molar-refractivity contribution in [3.8, 4) is 0 Å². The Morgan fingerprint density at radius 3 is 2.43 bits per heavy atom. The highest BCUT2D eigenvalue weighted by Crippen LogP contribution is 2.15. The zero-order valence-electron chi connectivity index (χ0n) is 13.0. The summed E-state index contributed by atoms with van der Waals surface area (Å²) in [4.78, 5) is 12.8. The minimum atomic E-state index is -1.17. The van der Waals surface area contributed by atoms with E-state index >= 15 is 0 Å². The summed E-state index contributed by atoms with van der Waals surface area (Å²) in [5.41, 5.74) is 0.425. The monoisotopic (exact) mass is 311 g/mol. The molecule has 1 aromatic rings. The topological polar surface area (TPSA) is 66.4 Å². The molecule has 118 valence electrons. The Morgan fingerprint density at radius 1 is 1.24 bits per heavy atom. The molecule has 0 aliphatic carbocycles. The average Bonchev–Trinajstić information content (AvgIpc) is 2.52. The summed E-state index contributed by atoms with van der Waals surface area (Å²) >= 11 is 0. The van der Waals surface area contributed by atoms with Crippen LogP contribution in [0.2, 0.25) is 0 Å². The summed E-state index contributed by atoms with van der Waals surface area (Å²) in [6.45, 7) is 6.09. The van der Waals surface area contributed by atoms with E-state index < -0.39 is 16.9 Å². The number of aliphatic hydroxyl groups is 1. The number of rotatable bonds is 8. The minimum absolute atomic E-state index is 0.185. The molecule has 0 aliphatic rings. The maximum absolute atomic E-state index is 12.2. The highest BCUT2D eigenvalue weighted by atomic mass is 32.2. The first-order valence-corrected chi connectivity index (χ1v) is 8.80. The third kappa shape index (κ3) is 4.93. The van der Waals surface area contributed by atoms with Gasteiger partial charge in [0.25, 0.3) is 5.91 Å². The van der Waals surface area contributed by atoms with Gasteiger partial charge in [-0.05, 0) is 18.1 Å². The Morgan fingerprint density at radius 2 is 1.86 bits per heavy atom. The molecule has 0 fully saturated rings. The normalized spacial score (nSPS) is 14.0. The van der Waals surface area contributed by atoms with Crippen LogP contribution < -0.4 is 5.32 Å². The van der Waals surface area contributed by atoms with Gasteiger partial charge in [0.1, 0.15) is 0 Å². The van der Waals surface area contributed by atoms with Crippen LogP contribution >= 0.6 is 0 Å². The predicted molar refractivity (Wildman–Crippen MR) is 85.8 cm³/mol. The first kappa shape index (κ1) is 17.9. The van der Waals surface area contributed by atoms with Gasteiger partial charge in [-0.2, -0.15) is 0 Å². The largest absolute Gasteiger partial charge is 0.391 e. The van der Waals surface area contributed by atoms with Gasteiger partial charge in [0.2, 0.25) is 0 Å². The Balaban J connectivity index is 2.75. The summed E-state index contributed by atoms with van der Waals surface area (Å²) in [7, 11) is -1.17. The molecule has 0 saturated heterocycles. The zero-order valence-corrected chi connectivity index (χ0v) is 13.8. The van der Waals surface area contributed by atoms with Gasteiger partial charge in [0.05, 0.1) is 27.4 Å². The SMILES string of the molecule is CCC(CC)C(O)CNC(=O)c1ccccc1S(=O)CC. The summed E-state index contributed by atoms with van der Waals surface area (Å²) in [6.07, 6.45) is 1.21. The van der Waals surface area contributed by atoms with Gasteiger partial charge in [-0.1, -0.05) is 45.7 Å². The van der Waals surface area contributed by atoms with Gasteiger partial charge in [-0.25, -0.2) is 0 Å². The Hall–Kier alpha value is -1.20. The molecule has 0 saturated carbocycles. The van der Waals surface area contributed by atoms with Gasteiger partial charge < -0.3 is 10.4 Å². The highest BCUT2D eigenvalue weighted by molar-refractivity contribution is 7.85. The summed E-state index contributed by atoms with van der Waals surface area (Å²) in [5, 5.41) is 12.8. The van der Waals surface area contributed by atoms with Crippen LogP contribution in [0, 0.1) is 5.92 Å². The average molecular weight is 311 g/mol. The number of amides is 1. The van der Waals surface area contributed by atoms with Gasteiger partial charge in [-0.3, -0.25) is 9.00 Å². The standard InChI is InChI=1S/C16H25NO3S/c1-4-12(5-2)14(18)11-17-16(19)13-9-7-8-10-15(13)21(20)6-3/h7-10,12,14,18H,4-6,11H2,1-3H3,(H,17,19). The number of carbonyl (C=O) groups is 1. The molecule has 0 aromatic heterocycles. The molecule has 21 heavy (non-hydrogen) atoms. The lowest BCUT2D eigenvalue weighted by atomic mass is 9.96. The molecule has 0 heterocycles. The molecule has 1 amide bonds. The van der Waals surface area contributed by atoms with Crippen molar-refractivity contribution in [2.24, 2.45) is 5.92 Å². The van der Waals surface area contributed by atoms with E-state index in [1.165, 1.54) is 0 Å². The molecule has 4 nitrogen and oxygen atoms in total. The second-order valence-corrected chi connectivity index (χ2v) is 6.69. The lowest BCUT2D eigenvalue weighted by Gasteiger charge is -2.20. The second kappa shape index (κ2) is 8.95. The van der Waals surface area contributed by atoms with E-state index in [4.69, 9.17) is 0 Å². The maximum atomic E-state index is 12.2. The fraction of sp³-hybridized carbons (Fsp3) is 0.562. The van der Waals surface area contributed by atoms with E-state index in [9.17, 15) is 14.1 Å². The Kier molecular flexibility index (Phi) is 7.61. The van der Waals surface area contributed by atoms with E-state index in [1.54, 1.807) is 24.3 Å². The van der Waals surface area contributed by atoms with Crippen LogP contribution in [0.3, 0.4) is 0 Å². The molecule has 1 aromatic carbocycles. The van der Waals surface area contributed by atoms with Crippen LogP contribution in [0.15, 0.2) is 29.2 Å². The number of nitrogens with one attached hydrogen (secondary N) is 1. The van der Waals surface area contributed by atoms with Crippen molar-refractivity contribution in [2.75, 3.05) is 12.3 Å². The molecular weight excluding hydrogens is 286 g/mol. The van der Waals surface area contributed by atoms with Crippen molar-refractivity contribution >= 4 is 16.7 Å². The molecule has 5 heteroatoms. The van der Waals surface area contributed by atoms with E-state index in [1.807, 2.05) is 20.8 Å². The van der Waals surface area contributed by atoms with Crippen LogP contribution in [0.4, 0.5) is 0 Å². The summed E-state index contributed by atoms with van der Waals surface area (Å²) in [6, 6.07) is 6.91. The van der Waals surface area contributed by atoms with Crippen molar-refractivity contribution in [3.05, 3.63) is 29.8 Å². The quantitative estimate of drug-likeness (QED) is 0.774. The van der Waals surface area contributed by atoms with Crippen LogP contribution in [0.1, 0.15) is 44.0 Å². The molecule has 0 aliphatic heterocycles. The molecule has 1 rings (SSSR count). The van der Waals surface area contributed by atoms with Gasteiger partial charge in [0, 0.05) is 12.3 Å². The maximum Gasteiger partial charge on any atom is 0.252 e. The Bertz CT molecular complexity index is 486. The van der Waals surface area contributed by atoms with Crippen molar-refractivity contribution < 1.29 is 14.1 Å². The van der Waals surface area contributed by atoms with Gasteiger partial charge in [-0.15, -0.1) is 0 Å². The molecule has 2 N–H and O–H groups in total. The third-order valence-electron chi connectivity index (χ3n) is 3.70. The molecule has 2 atom stereocenters. The lowest BCUT2D eigenvalue weighted by Crippen LogP contribution is -2.36. The fourth-order valence-corrected chi connectivity index (χ4v) is 3.25. The molecule has 0 bridgehead atoms. The van der Waals surface area contributed by atoms with Crippen LogP contribution in [-0.2, 0) is 10.8 Å². The van der Waals surface area contributed by atoms with Crippen LogP contribution in [0.5, 0.6) is 0 Å². The smallest absolute Gasteiger partial charge is 0.252 e. The number of hydrogen-bond acceptors (Lipinski definition) is 3. The molecule has 2 unspecified atom stereocenters. The highest BCUT2D eigenvalue weighted by Gasteiger charge is 2.18. The lowest BCUT2D eigenvalue weighted by molar-refractivity contribution is 0.0814. The number of benzene rings is 1. The molecule has 0 spiro atoms. The van der Waals surface area contributed by atoms with Crippen molar-refractivity contribution in [1.29, 1.82) is 0 Å². The first-order valence-electron chi connectivity index (χ1n) is 7.48. The molecular formula is C16H25NO3S. The molecule has 0 radical (unpaired) electrons. The Labute approximate surface area is 129 Å². The van der Waals surface area contributed by atoms with Crippen molar-refractivity contribution in [2.45, 2.75) is 44.6 Å². The first-order chi connectivity index (χ1) is 10.0. The third-order valence-corrected chi connectivity index (χ3v) is 5.07. The van der Waals surface area contributed by atoms with E-state index in [2.05, 4.69) is 5.32 Å². The van der Waals surface area contributed by atoms with Crippen molar-refractivity contribution in [3.63, 3.8) is 0 Å². The number of carbonyl (C=O) groups excluding carboxylic acids is 1. The second-order valence-electron chi connectivity index (χ2n) is 4.98. The van der Waals surface area contributed by atoms with Crippen LogP contribution in [-0.4, -0.2) is 33.6 Å². The number of aliphatic hydroxyl groups excluding tert-OH is 1. The van der Waals surface area contributed by atoms with Gasteiger partial charge in [0.15, 0.2) is 0 Å². The zero-order chi connectivity index (χ0) is 15.8. The predicted octanol–water partition coefficient (Wildman–Crippen LogP) is 2.34. The minimum Gasteiger partial charge on any atom is -0.391 e. The van der Waals surface area contributed by atoms with E-state index in [0.29, 0.717) is 16.2 Å². The summed E-state index contributed by atoms with van der Waals surface area (Å²) < 4.78 is 12.0. The summed E-state index contributed by atoms with van der Waals surface area (Å²) in [5.74, 6) is 0.378. The van der Waals surface area contributed by atoms with Crippen molar-refractivity contribution in [1.82, 2.24) is 5.32 Å². The van der Waals surface area contributed by atoms with Gasteiger partial charge >= 0.3 is 0 Å². The number of hydrogen-bond donors (Lipinski definition) is 2. The fourth-order valence-electron chi connectivity index (χ4n) is 2.30. The van der Waals surface area contributed by atoms with Crippen LogP contribution in [0.25, 0.3) is 0 Å². The van der Waals surface area contributed by atoms with E-state index in [0.717, 1.165) is 12.8 Å².